The largest absolute Gasteiger partial charge is 0.456 e. The van der Waals surface area contributed by atoms with E-state index in [0.717, 1.165) is 50.1 Å². The summed E-state index contributed by atoms with van der Waals surface area (Å²) in [6.07, 6.45) is 0. The molecule has 1 aliphatic carbocycles. The first-order valence-electron chi connectivity index (χ1n) is 13.6. The van der Waals surface area contributed by atoms with Crippen LogP contribution in [0.4, 0.5) is 4.39 Å². The summed E-state index contributed by atoms with van der Waals surface area (Å²) in [4.78, 5) is 0. The Morgan fingerprint density at radius 2 is 1.15 bits per heavy atom. The standard InChI is InChI=1S/C37H22FNO/c38-23-17-19-24(20-18-23)39-32-15-7-3-11-27(32)35-33(39)22-21-31-36(35)40-34-16-8-6-14-30(34)37(31)28-12-4-1-9-25(28)26-10-2-5-13-29(26)37/h1-22H. The predicted octanol–water partition coefficient (Wildman–Crippen LogP) is 9.39. The molecule has 2 nitrogen and oxygen atoms in total. The van der Waals surface area contributed by atoms with E-state index in [1.165, 1.54) is 34.4 Å². The molecule has 0 unspecified atom stereocenters. The number of fused-ring (bicyclic) bond motifs is 13. The van der Waals surface area contributed by atoms with Crippen molar-refractivity contribution in [1.29, 1.82) is 0 Å². The third-order valence-corrected chi connectivity index (χ3v) is 8.74. The lowest BCUT2D eigenvalue weighted by molar-refractivity contribution is 0.442. The Morgan fingerprint density at radius 1 is 0.525 bits per heavy atom. The van der Waals surface area contributed by atoms with E-state index in [4.69, 9.17) is 4.74 Å². The Bertz CT molecular complexity index is 2110. The Hall–Kier alpha value is -5.15. The van der Waals surface area contributed by atoms with Gasteiger partial charge in [0.15, 0.2) is 0 Å². The van der Waals surface area contributed by atoms with Crippen LogP contribution in [0.15, 0.2) is 133 Å². The van der Waals surface area contributed by atoms with Crippen molar-refractivity contribution in [2.75, 3.05) is 0 Å². The summed E-state index contributed by atoms with van der Waals surface area (Å²) in [6.45, 7) is 0. The van der Waals surface area contributed by atoms with Crippen LogP contribution >= 0.6 is 0 Å². The molecule has 0 saturated heterocycles. The number of ether oxygens (including phenoxy) is 1. The molecule has 9 rings (SSSR count). The number of hydrogen-bond acceptors (Lipinski definition) is 1. The Labute approximate surface area is 230 Å². The molecule has 1 aromatic heterocycles. The van der Waals surface area contributed by atoms with E-state index in [-0.39, 0.29) is 5.82 Å². The van der Waals surface area contributed by atoms with Crippen LogP contribution in [0.25, 0.3) is 38.6 Å². The molecule has 1 spiro atoms. The number of para-hydroxylation sites is 2. The molecule has 0 fully saturated rings. The van der Waals surface area contributed by atoms with Crippen LogP contribution < -0.4 is 4.74 Å². The summed E-state index contributed by atoms with van der Waals surface area (Å²) in [5.74, 6) is 1.50. The van der Waals surface area contributed by atoms with Crippen LogP contribution in [0.3, 0.4) is 0 Å². The second kappa shape index (κ2) is 7.71. The molecule has 2 heterocycles. The van der Waals surface area contributed by atoms with Crippen molar-refractivity contribution in [3.8, 4) is 28.3 Å². The average molecular weight is 516 g/mol. The average Bonchev–Trinajstić information content (AvgIpc) is 3.50. The van der Waals surface area contributed by atoms with E-state index < -0.39 is 5.41 Å². The summed E-state index contributed by atoms with van der Waals surface area (Å²) in [5.41, 5.74) is 9.84. The number of hydrogen-bond donors (Lipinski definition) is 0. The first kappa shape index (κ1) is 21.7. The molecular weight excluding hydrogens is 493 g/mol. The SMILES string of the molecule is Fc1ccc(-n2c3ccccc3c3c4c(ccc32)C2(c3ccccc3O4)c3ccccc3-c3ccccc32)cc1. The van der Waals surface area contributed by atoms with Gasteiger partial charge in [-0.15, -0.1) is 0 Å². The third kappa shape index (κ3) is 2.57. The van der Waals surface area contributed by atoms with Gasteiger partial charge in [-0.3, -0.25) is 0 Å². The Kier molecular flexibility index (Phi) is 4.19. The summed E-state index contributed by atoms with van der Waals surface area (Å²) in [5, 5.41) is 2.17. The fourth-order valence-corrected chi connectivity index (χ4v) is 7.23. The zero-order valence-electron chi connectivity index (χ0n) is 21.4. The first-order valence-corrected chi connectivity index (χ1v) is 13.6. The molecule has 7 aromatic rings. The molecule has 0 amide bonds. The molecule has 188 valence electrons. The van der Waals surface area contributed by atoms with Crippen molar-refractivity contribution in [2.45, 2.75) is 5.41 Å². The summed E-state index contributed by atoms with van der Waals surface area (Å²) >= 11 is 0. The van der Waals surface area contributed by atoms with E-state index in [1.54, 1.807) is 0 Å². The number of nitrogens with zero attached hydrogens (tertiary/aromatic N) is 1. The van der Waals surface area contributed by atoms with Crippen LogP contribution in [0, 0.1) is 5.82 Å². The second-order valence-electron chi connectivity index (χ2n) is 10.6. The van der Waals surface area contributed by atoms with Gasteiger partial charge in [0.1, 0.15) is 17.3 Å². The maximum atomic E-state index is 13.9. The lowest BCUT2D eigenvalue weighted by Crippen LogP contribution is -2.32. The maximum absolute atomic E-state index is 13.9. The second-order valence-corrected chi connectivity index (χ2v) is 10.6. The lowest BCUT2D eigenvalue weighted by Gasteiger charge is -2.39. The topological polar surface area (TPSA) is 14.2 Å². The fourth-order valence-electron chi connectivity index (χ4n) is 7.23. The van der Waals surface area contributed by atoms with Crippen molar-refractivity contribution in [3.05, 3.63) is 162 Å². The monoisotopic (exact) mass is 515 g/mol. The van der Waals surface area contributed by atoms with Gasteiger partial charge < -0.3 is 9.30 Å². The van der Waals surface area contributed by atoms with E-state index in [0.29, 0.717) is 0 Å². The highest BCUT2D eigenvalue weighted by Gasteiger charge is 2.51. The van der Waals surface area contributed by atoms with Gasteiger partial charge in [0.05, 0.1) is 21.8 Å². The van der Waals surface area contributed by atoms with Crippen molar-refractivity contribution >= 4 is 21.8 Å². The maximum Gasteiger partial charge on any atom is 0.142 e. The first-order chi connectivity index (χ1) is 19.8. The number of rotatable bonds is 1. The Morgan fingerprint density at radius 3 is 1.90 bits per heavy atom. The molecule has 0 bridgehead atoms. The van der Waals surface area contributed by atoms with Crippen molar-refractivity contribution in [2.24, 2.45) is 0 Å². The lowest BCUT2D eigenvalue weighted by atomic mass is 9.66. The van der Waals surface area contributed by atoms with Gasteiger partial charge in [0.25, 0.3) is 0 Å². The molecule has 40 heavy (non-hydrogen) atoms. The molecule has 0 atom stereocenters. The highest BCUT2D eigenvalue weighted by Crippen LogP contribution is 2.63. The van der Waals surface area contributed by atoms with Crippen molar-refractivity contribution < 1.29 is 9.13 Å². The van der Waals surface area contributed by atoms with E-state index in [2.05, 4.69) is 108 Å². The smallest absolute Gasteiger partial charge is 0.142 e. The molecule has 0 N–H and O–H groups in total. The molecule has 1 aliphatic heterocycles. The normalized spacial score (nSPS) is 14.0. The minimum atomic E-state index is -0.509. The zero-order chi connectivity index (χ0) is 26.4. The van der Waals surface area contributed by atoms with Crippen LogP contribution in [-0.4, -0.2) is 4.57 Å². The molecule has 0 saturated carbocycles. The van der Waals surface area contributed by atoms with Gasteiger partial charge in [0, 0.05) is 22.2 Å². The number of benzene rings is 6. The third-order valence-electron chi connectivity index (χ3n) is 8.74. The highest BCUT2D eigenvalue weighted by atomic mass is 19.1. The molecule has 3 heteroatoms. The van der Waals surface area contributed by atoms with Crippen LogP contribution in [0.2, 0.25) is 0 Å². The number of aromatic nitrogens is 1. The van der Waals surface area contributed by atoms with E-state index >= 15 is 0 Å². The van der Waals surface area contributed by atoms with Gasteiger partial charge >= 0.3 is 0 Å². The highest BCUT2D eigenvalue weighted by molar-refractivity contribution is 6.13. The minimum Gasteiger partial charge on any atom is -0.456 e. The zero-order valence-corrected chi connectivity index (χ0v) is 21.4. The molecule has 2 aliphatic rings. The minimum absolute atomic E-state index is 0.248. The summed E-state index contributed by atoms with van der Waals surface area (Å²) < 4.78 is 23.0. The summed E-state index contributed by atoms with van der Waals surface area (Å²) in [7, 11) is 0. The summed E-state index contributed by atoms with van der Waals surface area (Å²) in [6, 6.07) is 45.6. The van der Waals surface area contributed by atoms with Crippen LogP contribution in [-0.2, 0) is 5.41 Å². The van der Waals surface area contributed by atoms with Crippen molar-refractivity contribution in [3.63, 3.8) is 0 Å². The molecule has 0 radical (unpaired) electrons. The van der Waals surface area contributed by atoms with Gasteiger partial charge in [-0.1, -0.05) is 91.0 Å². The molecular formula is C37H22FNO. The van der Waals surface area contributed by atoms with Gasteiger partial charge in [-0.05, 0) is 64.7 Å². The van der Waals surface area contributed by atoms with Gasteiger partial charge in [-0.25, -0.2) is 4.39 Å². The fraction of sp³-hybridized carbons (Fsp3) is 0.0270. The van der Waals surface area contributed by atoms with Crippen LogP contribution in [0.1, 0.15) is 22.3 Å². The number of halogens is 1. The molecule has 6 aromatic carbocycles. The van der Waals surface area contributed by atoms with E-state index in [9.17, 15) is 4.39 Å². The Balaban J connectivity index is 1.47. The van der Waals surface area contributed by atoms with E-state index in [1.807, 2.05) is 18.2 Å². The predicted molar refractivity (Wildman–Crippen MR) is 158 cm³/mol. The van der Waals surface area contributed by atoms with Gasteiger partial charge in [-0.2, -0.15) is 0 Å². The van der Waals surface area contributed by atoms with Crippen molar-refractivity contribution in [1.82, 2.24) is 4.57 Å². The quantitative estimate of drug-likeness (QED) is 0.212. The van der Waals surface area contributed by atoms with Crippen LogP contribution in [0.5, 0.6) is 11.5 Å². The van der Waals surface area contributed by atoms with Gasteiger partial charge in [0.2, 0.25) is 0 Å².